The van der Waals surface area contributed by atoms with E-state index in [-0.39, 0.29) is 11.8 Å². The van der Waals surface area contributed by atoms with E-state index in [4.69, 9.17) is 4.74 Å². The number of rotatable bonds is 4. The Morgan fingerprint density at radius 2 is 2.21 bits per heavy atom. The van der Waals surface area contributed by atoms with Gasteiger partial charge in [0.2, 0.25) is 0 Å². The molecule has 0 aliphatic heterocycles. The van der Waals surface area contributed by atoms with Gasteiger partial charge in [-0.1, -0.05) is 18.2 Å². The first-order chi connectivity index (χ1) is 9.04. The summed E-state index contributed by atoms with van der Waals surface area (Å²) in [4.78, 5) is 11.3. The lowest BCUT2D eigenvalue weighted by atomic mass is 10.0. The highest BCUT2D eigenvalue weighted by Gasteiger charge is 2.17. The van der Waals surface area contributed by atoms with E-state index < -0.39 is 5.97 Å². The van der Waals surface area contributed by atoms with Crippen LogP contribution < -0.4 is 0 Å². The zero-order chi connectivity index (χ0) is 14.0. The summed E-state index contributed by atoms with van der Waals surface area (Å²) in [6, 6.07) is 7.64. The van der Waals surface area contributed by atoms with Crippen molar-refractivity contribution in [3.05, 3.63) is 41.7 Å². The Morgan fingerprint density at radius 3 is 2.84 bits per heavy atom. The molecule has 0 radical (unpaired) electrons. The molecule has 0 aliphatic carbocycles. The number of hydrogen-bond donors (Lipinski definition) is 1. The van der Waals surface area contributed by atoms with Crippen molar-refractivity contribution in [1.29, 1.82) is 0 Å². The van der Waals surface area contributed by atoms with E-state index in [1.54, 1.807) is 20.4 Å². The molecule has 0 fully saturated rings. The summed E-state index contributed by atoms with van der Waals surface area (Å²) in [5, 5.41) is 13.2. The summed E-state index contributed by atoms with van der Waals surface area (Å²) >= 11 is 0. The van der Waals surface area contributed by atoms with Crippen LogP contribution in [-0.4, -0.2) is 28.0 Å². The Hall–Kier alpha value is -2.14. The average molecular weight is 260 g/mol. The van der Waals surface area contributed by atoms with Crippen LogP contribution in [0.1, 0.15) is 29.1 Å². The van der Waals surface area contributed by atoms with Crippen LogP contribution in [0.4, 0.5) is 0 Å². The van der Waals surface area contributed by atoms with Crippen LogP contribution in [-0.2, 0) is 11.8 Å². The fraction of sp³-hybridized carbons (Fsp3) is 0.286. The monoisotopic (exact) mass is 260 g/mol. The summed E-state index contributed by atoms with van der Waals surface area (Å²) in [6.07, 6.45) is 1.53. The SMILES string of the molecule is CO[C@@H](C)c1cccc(-c2cnn(C)c2C(=O)O)c1. The van der Waals surface area contributed by atoms with Gasteiger partial charge < -0.3 is 9.84 Å². The highest BCUT2D eigenvalue weighted by Crippen LogP contribution is 2.26. The average Bonchev–Trinajstić information content (AvgIpc) is 2.80. The molecule has 1 heterocycles. The van der Waals surface area contributed by atoms with Gasteiger partial charge in [0.25, 0.3) is 0 Å². The topological polar surface area (TPSA) is 64.4 Å². The number of carboxylic acid groups (broad SMARTS) is 1. The quantitative estimate of drug-likeness (QED) is 0.917. The van der Waals surface area contributed by atoms with Gasteiger partial charge in [0.15, 0.2) is 5.69 Å². The fourth-order valence-electron chi connectivity index (χ4n) is 2.00. The Kier molecular flexibility index (Phi) is 3.66. The molecule has 19 heavy (non-hydrogen) atoms. The largest absolute Gasteiger partial charge is 0.477 e. The molecule has 1 aromatic heterocycles. The molecule has 5 heteroatoms. The van der Waals surface area contributed by atoms with Crippen LogP contribution in [0.3, 0.4) is 0 Å². The second kappa shape index (κ2) is 5.24. The summed E-state index contributed by atoms with van der Waals surface area (Å²) < 4.78 is 6.64. The number of aromatic nitrogens is 2. The molecule has 1 N–H and O–H groups in total. The number of carbonyl (C=O) groups is 1. The summed E-state index contributed by atoms with van der Waals surface area (Å²) in [5.41, 5.74) is 2.62. The lowest BCUT2D eigenvalue weighted by Crippen LogP contribution is -2.06. The summed E-state index contributed by atoms with van der Waals surface area (Å²) in [7, 11) is 3.26. The van der Waals surface area contributed by atoms with E-state index in [0.29, 0.717) is 5.56 Å². The van der Waals surface area contributed by atoms with Crippen molar-refractivity contribution in [2.75, 3.05) is 7.11 Å². The highest BCUT2D eigenvalue weighted by atomic mass is 16.5. The molecule has 1 atom stereocenters. The lowest BCUT2D eigenvalue weighted by molar-refractivity contribution is 0.0686. The maximum absolute atomic E-state index is 11.3. The van der Waals surface area contributed by atoms with Crippen molar-refractivity contribution in [3.8, 4) is 11.1 Å². The molecular weight excluding hydrogens is 244 g/mol. The van der Waals surface area contributed by atoms with Gasteiger partial charge in [-0.15, -0.1) is 0 Å². The van der Waals surface area contributed by atoms with E-state index in [2.05, 4.69) is 5.10 Å². The van der Waals surface area contributed by atoms with Crippen molar-refractivity contribution in [2.45, 2.75) is 13.0 Å². The van der Waals surface area contributed by atoms with Crippen LogP contribution in [0.5, 0.6) is 0 Å². The molecule has 0 aliphatic rings. The predicted octanol–water partition coefficient (Wildman–Crippen LogP) is 2.49. The fourth-order valence-corrected chi connectivity index (χ4v) is 2.00. The maximum Gasteiger partial charge on any atom is 0.354 e. The second-order valence-electron chi connectivity index (χ2n) is 4.34. The smallest absolute Gasteiger partial charge is 0.354 e. The molecular formula is C14H16N2O3. The number of nitrogens with zero attached hydrogens (tertiary/aromatic N) is 2. The van der Waals surface area contributed by atoms with Crippen LogP contribution in [0.2, 0.25) is 0 Å². The number of benzene rings is 1. The minimum atomic E-state index is -0.986. The van der Waals surface area contributed by atoms with Gasteiger partial charge in [-0.3, -0.25) is 4.68 Å². The molecule has 1 aromatic carbocycles. The van der Waals surface area contributed by atoms with E-state index in [1.165, 1.54) is 4.68 Å². The first-order valence-corrected chi connectivity index (χ1v) is 5.93. The van der Waals surface area contributed by atoms with Gasteiger partial charge in [0, 0.05) is 19.7 Å². The van der Waals surface area contributed by atoms with Crippen LogP contribution in [0.15, 0.2) is 30.5 Å². The number of ether oxygens (including phenoxy) is 1. The number of aromatic carboxylic acids is 1. The van der Waals surface area contributed by atoms with Gasteiger partial charge >= 0.3 is 5.97 Å². The van der Waals surface area contributed by atoms with E-state index >= 15 is 0 Å². The number of hydrogen-bond acceptors (Lipinski definition) is 3. The standard InChI is InChI=1S/C14H16N2O3/c1-9(19-3)10-5-4-6-11(7-10)12-8-15-16(2)13(12)14(17)18/h4-9H,1-3H3,(H,17,18)/t9-/m0/s1. The summed E-state index contributed by atoms with van der Waals surface area (Å²) in [6.45, 7) is 1.94. The first kappa shape index (κ1) is 13.3. The van der Waals surface area contributed by atoms with Crippen LogP contribution in [0, 0.1) is 0 Å². The van der Waals surface area contributed by atoms with Crippen LogP contribution >= 0.6 is 0 Å². The minimum absolute atomic E-state index is 0.0371. The normalized spacial score (nSPS) is 12.4. The zero-order valence-corrected chi connectivity index (χ0v) is 11.1. The lowest BCUT2D eigenvalue weighted by Gasteiger charge is -2.11. The van der Waals surface area contributed by atoms with Crippen LogP contribution in [0.25, 0.3) is 11.1 Å². The van der Waals surface area contributed by atoms with Crippen molar-refractivity contribution >= 4 is 5.97 Å². The Morgan fingerprint density at radius 1 is 1.47 bits per heavy atom. The third-order valence-electron chi connectivity index (χ3n) is 3.16. The van der Waals surface area contributed by atoms with Crippen molar-refractivity contribution in [2.24, 2.45) is 7.05 Å². The van der Waals surface area contributed by atoms with Gasteiger partial charge in [0.05, 0.1) is 12.3 Å². The minimum Gasteiger partial charge on any atom is -0.477 e. The number of methoxy groups -OCH3 is 1. The molecule has 5 nitrogen and oxygen atoms in total. The summed E-state index contributed by atoms with van der Waals surface area (Å²) in [5.74, 6) is -0.986. The van der Waals surface area contributed by atoms with Gasteiger partial charge in [-0.2, -0.15) is 5.10 Å². The molecule has 0 saturated carbocycles. The number of aryl methyl sites for hydroxylation is 1. The predicted molar refractivity (Wildman–Crippen MR) is 71.0 cm³/mol. The van der Waals surface area contributed by atoms with E-state index in [1.807, 2.05) is 31.2 Å². The molecule has 0 unspecified atom stereocenters. The Labute approximate surface area is 111 Å². The Bertz CT molecular complexity index is 604. The van der Waals surface area contributed by atoms with Gasteiger partial charge in [-0.25, -0.2) is 4.79 Å². The molecule has 100 valence electrons. The van der Waals surface area contributed by atoms with Crippen molar-refractivity contribution in [1.82, 2.24) is 9.78 Å². The molecule has 0 saturated heterocycles. The third kappa shape index (κ3) is 2.51. The molecule has 0 amide bonds. The van der Waals surface area contributed by atoms with E-state index in [0.717, 1.165) is 11.1 Å². The Balaban J connectivity index is 2.51. The maximum atomic E-state index is 11.3. The van der Waals surface area contributed by atoms with E-state index in [9.17, 15) is 9.90 Å². The highest BCUT2D eigenvalue weighted by molar-refractivity contribution is 5.94. The first-order valence-electron chi connectivity index (χ1n) is 5.93. The second-order valence-corrected chi connectivity index (χ2v) is 4.34. The zero-order valence-electron chi connectivity index (χ0n) is 11.1. The van der Waals surface area contributed by atoms with Gasteiger partial charge in [-0.05, 0) is 24.1 Å². The van der Waals surface area contributed by atoms with Gasteiger partial charge in [0.1, 0.15) is 0 Å². The molecule has 0 bridgehead atoms. The number of carboxylic acids is 1. The molecule has 0 spiro atoms. The molecule has 2 rings (SSSR count). The third-order valence-corrected chi connectivity index (χ3v) is 3.16. The van der Waals surface area contributed by atoms with Crippen molar-refractivity contribution < 1.29 is 14.6 Å². The molecule has 2 aromatic rings. The van der Waals surface area contributed by atoms with Crippen molar-refractivity contribution in [3.63, 3.8) is 0 Å².